The van der Waals surface area contributed by atoms with Crippen LogP contribution in [0.3, 0.4) is 0 Å². The minimum Gasteiger partial charge on any atom is -0.382 e. The van der Waals surface area contributed by atoms with Crippen LogP contribution in [-0.2, 0) is 24.9 Å². The van der Waals surface area contributed by atoms with E-state index in [1.807, 2.05) is 24.6 Å². The van der Waals surface area contributed by atoms with Crippen LogP contribution in [0.4, 0.5) is 4.39 Å². The molecule has 0 bridgehead atoms. The largest absolute Gasteiger partial charge is 0.382 e. The molecule has 0 amide bonds. The summed E-state index contributed by atoms with van der Waals surface area (Å²) in [5, 5.41) is 0.156. The summed E-state index contributed by atoms with van der Waals surface area (Å²) in [4.78, 5) is 30.8. The Kier molecular flexibility index (Phi) is 5.72. The molecular weight excluding hydrogens is 425 g/mol. The number of halogens is 2. The topological polar surface area (TPSA) is 75.5 Å². The second kappa shape index (κ2) is 8.32. The maximum atomic E-state index is 14.3. The van der Waals surface area contributed by atoms with E-state index in [2.05, 4.69) is 4.98 Å². The van der Waals surface area contributed by atoms with Gasteiger partial charge in [-0.25, -0.2) is 9.18 Å². The molecule has 0 N–H and O–H groups in total. The first kappa shape index (κ1) is 21.3. The SMILES string of the molecule is CCOCCCn1c(C)cn2c3c(=O)n(Cc4c(F)cccc4Cl)c(=O)n(C)c3nc12. The normalized spacial score (nSPS) is 11.8. The number of fused-ring (bicyclic) bond motifs is 3. The fourth-order valence-electron chi connectivity index (χ4n) is 3.78. The summed E-state index contributed by atoms with van der Waals surface area (Å²) in [5.74, 6) is -0.00551. The number of hydrogen-bond donors (Lipinski definition) is 0. The monoisotopic (exact) mass is 447 g/mol. The molecule has 0 saturated carbocycles. The average Bonchev–Trinajstić information content (AvgIpc) is 3.24. The minimum atomic E-state index is -0.586. The zero-order valence-corrected chi connectivity index (χ0v) is 18.3. The number of nitrogens with zero attached hydrogens (tertiary/aromatic N) is 5. The van der Waals surface area contributed by atoms with Crippen LogP contribution in [0.25, 0.3) is 16.9 Å². The summed E-state index contributed by atoms with van der Waals surface area (Å²) in [6, 6.07) is 4.25. The zero-order valence-electron chi connectivity index (χ0n) is 17.6. The maximum absolute atomic E-state index is 14.3. The Morgan fingerprint density at radius 2 is 2.00 bits per heavy atom. The Hall–Kier alpha value is -2.91. The summed E-state index contributed by atoms with van der Waals surface area (Å²) in [5.41, 5.74) is 0.426. The number of hydrogen-bond acceptors (Lipinski definition) is 4. The zero-order chi connectivity index (χ0) is 22.3. The van der Waals surface area contributed by atoms with E-state index in [9.17, 15) is 14.0 Å². The lowest BCUT2D eigenvalue weighted by Gasteiger charge is -2.10. The molecule has 4 aromatic rings. The van der Waals surface area contributed by atoms with Gasteiger partial charge in [-0.3, -0.25) is 18.3 Å². The van der Waals surface area contributed by atoms with Crippen molar-refractivity contribution < 1.29 is 9.13 Å². The molecular formula is C21H23ClFN5O3. The minimum absolute atomic E-state index is 0.0909. The molecule has 0 fully saturated rings. The predicted molar refractivity (Wildman–Crippen MR) is 117 cm³/mol. The van der Waals surface area contributed by atoms with Crippen LogP contribution in [0.15, 0.2) is 34.0 Å². The van der Waals surface area contributed by atoms with Crippen molar-refractivity contribution in [1.29, 1.82) is 0 Å². The van der Waals surface area contributed by atoms with E-state index in [4.69, 9.17) is 16.3 Å². The van der Waals surface area contributed by atoms with E-state index in [-0.39, 0.29) is 28.3 Å². The third-order valence-electron chi connectivity index (χ3n) is 5.39. The molecule has 3 heterocycles. The highest BCUT2D eigenvalue weighted by molar-refractivity contribution is 6.31. The van der Waals surface area contributed by atoms with Gasteiger partial charge >= 0.3 is 5.69 Å². The molecule has 0 radical (unpaired) electrons. The molecule has 3 aromatic heterocycles. The van der Waals surface area contributed by atoms with Crippen LogP contribution in [0.2, 0.25) is 5.02 Å². The molecule has 0 aliphatic heterocycles. The molecule has 8 nitrogen and oxygen atoms in total. The number of rotatable bonds is 7. The van der Waals surface area contributed by atoms with Crippen molar-refractivity contribution in [2.24, 2.45) is 7.05 Å². The molecule has 164 valence electrons. The molecule has 0 unspecified atom stereocenters. The molecule has 0 saturated heterocycles. The van der Waals surface area contributed by atoms with E-state index >= 15 is 0 Å². The van der Waals surface area contributed by atoms with Crippen molar-refractivity contribution in [3.05, 3.63) is 67.3 Å². The van der Waals surface area contributed by atoms with Gasteiger partial charge in [0.05, 0.1) is 6.54 Å². The second-order valence-corrected chi connectivity index (χ2v) is 7.77. The Morgan fingerprint density at radius 1 is 1.23 bits per heavy atom. The van der Waals surface area contributed by atoms with Gasteiger partial charge in [-0.15, -0.1) is 0 Å². The molecule has 1 aromatic carbocycles. The van der Waals surface area contributed by atoms with Gasteiger partial charge in [0.2, 0.25) is 5.78 Å². The molecule has 0 aliphatic rings. The summed E-state index contributed by atoms with van der Waals surface area (Å²) < 4.78 is 25.7. The van der Waals surface area contributed by atoms with Gasteiger partial charge in [0, 0.05) is 49.3 Å². The summed E-state index contributed by atoms with van der Waals surface area (Å²) in [6.45, 7) is 5.55. The van der Waals surface area contributed by atoms with Crippen LogP contribution in [0, 0.1) is 12.7 Å². The fourth-order valence-corrected chi connectivity index (χ4v) is 4.00. The van der Waals surface area contributed by atoms with Gasteiger partial charge < -0.3 is 9.30 Å². The second-order valence-electron chi connectivity index (χ2n) is 7.36. The highest BCUT2D eigenvalue weighted by atomic mass is 35.5. The van der Waals surface area contributed by atoms with Crippen molar-refractivity contribution in [3.8, 4) is 0 Å². The third kappa shape index (κ3) is 3.57. The van der Waals surface area contributed by atoms with Crippen molar-refractivity contribution in [2.45, 2.75) is 33.4 Å². The highest BCUT2D eigenvalue weighted by Crippen LogP contribution is 2.20. The fraction of sp³-hybridized carbons (Fsp3) is 0.381. The lowest BCUT2D eigenvalue weighted by atomic mass is 10.2. The molecule has 0 spiro atoms. The number of aromatic nitrogens is 5. The smallest absolute Gasteiger partial charge is 0.332 e. The van der Waals surface area contributed by atoms with Crippen molar-refractivity contribution >= 4 is 28.5 Å². The Balaban J connectivity index is 1.88. The van der Waals surface area contributed by atoms with Crippen molar-refractivity contribution in [1.82, 2.24) is 23.1 Å². The number of aryl methyl sites for hydroxylation is 3. The Labute approximate surface area is 182 Å². The number of benzene rings is 1. The van der Waals surface area contributed by atoms with Gasteiger partial charge in [0.15, 0.2) is 11.2 Å². The van der Waals surface area contributed by atoms with E-state index in [1.54, 1.807) is 11.4 Å². The van der Waals surface area contributed by atoms with Gasteiger partial charge in [0.1, 0.15) is 5.82 Å². The van der Waals surface area contributed by atoms with E-state index in [0.717, 1.165) is 16.7 Å². The van der Waals surface area contributed by atoms with E-state index in [1.165, 1.54) is 22.8 Å². The lowest BCUT2D eigenvalue weighted by molar-refractivity contribution is 0.142. The van der Waals surface area contributed by atoms with Crippen LogP contribution in [0.1, 0.15) is 24.6 Å². The number of ether oxygens (including phenoxy) is 1. The molecule has 31 heavy (non-hydrogen) atoms. The van der Waals surface area contributed by atoms with Gasteiger partial charge in [-0.05, 0) is 32.4 Å². The van der Waals surface area contributed by atoms with Crippen molar-refractivity contribution in [2.75, 3.05) is 13.2 Å². The predicted octanol–water partition coefficient (Wildman–Crippen LogP) is 2.73. The molecule has 10 heteroatoms. The third-order valence-corrected chi connectivity index (χ3v) is 5.75. The van der Waals surface area contributed by atoms with E-state index < -0.39 is 17.1 Å². The quantitative estimate of drug-likeness (QED) is 0.408. The van der Waals surface area contributed by atoms with Gasteiger partial charge in [-0.2, -0.15) is 4.98 Å². The Bertz CT molecular complexity index is 1380. The first-order chi connectivity index (χ1) is 14.8. The summed E-state index contributed by atoms with van der Waals surface area (Å²) in [7, 11) is 1.54. The maximum Gasteiger partial charge on any atom is 0.332 e. The molecule has 0 aliphatic carbocycles. The summed E-state index contributed by atoms with van der Waals surface area (Å²) in [6.07, 6.45) is 2.61. The molecule has 0 atom stereocenters. The average molecular weight is 448 g/mol. The van der Waals surface area contributed by atoms with Gasteiger partial charge in [-0.1, -0.05) is 17.7 Å². The van der Waals surface area contributed by atoms with Crippen molar-refractivity contribution in [3.63, 3.8) is 0 Å². The highest BCUT2D eigenvalue weighted by Gasteiger charge is 2.21. The van der Waals surface area contributed by atoms with Crippen LogP contribution >= 0.6 is 11.6 Å². The Morgan fingerprint density at radius 3 is 2.71 bits per heavy atom. The summed E-state index contributed by atoms with van der Waals surface area (Å²) >= 11 is 6.12. The van der Waals surface area contributed by atoms with Crippen LogP contribution < -0.4 is 11.2 Å². The first-order valence-corrected chi connectivity index (χ1v) is 10.4. The van der Waals surface area contributed by atoms with Crippen LogP contribution in [-0.4, -0.2) is 36.3 Å². The number of imidazole rings is 2. The van der Waals surface area contributed by atoms with E-state index in [0.29, 0.717) is 25.5 Å². The first-order valence-electron chi connectivity index (χ1n) is 10.0. The standard InChI is InChI=1S/C21H23ClFN5O3/c1-4-31-10-6-9-26-13(2)11-27-17-18(24-20(26)27)25(3)21(30)28(19(17)29)12-14-15(22)7-5-8-16(14)23/h5,7-8,11H,4,6,9-10,12H2,1-3H3. The van der Waals surface area contributed by atoms with Crippen LogP contribution in [0.5, 0.6) is 0 Å². The lowest BCUT2D eigenvalue weighted by Crippen LogP contribution is -2.39. The molecule has 4 rings (SSSR count). The van der Waals surface area contributed by atoms with Gasteiger partial charge in [0.25, 0.3) is 5.56 Å².